The Kier molecular flexibility index (Phi) is 5.78. The second-order valence-corrected chi connectivity index (χ2v) is 8.61. The van der Waals surface area contributed by atoms with Gasteiger partial charge in [-0.3, -0.25) is 4.79 Å². The van der Waals surface area contributed by atoms with E-state index >= 15 is 0 Å². The first-order valence-corrected chi connectivity index (χ1v) is 10.9. The molecule has 0 radical (unpaired) electrons. The molecule has 1 N–H and O–H groups in total. The molecule has 5 nitrogen and oxygen atoms in total. The topological polar surface area (TPSA) is 66.8 Å². The first-order valence-electron chi connectivity index (χ1n) is 9.99. The number of carbonyl (C=O) groups excluding carboxylic acids is 1. The smallest absolute Gasteiger partial charge is 0.411 e. The predicted molar refractivity (Wildman–Crippen MR) is 116 cm³/mol. The lowest BCUT2D eigenvalue weighted by atomic mass is 9.91. The van der Waals surface area contributed by atoms with Gasteiger partial charge in [0.15, 0.2) is 5.60 Å². The Hall–Kier alpha value is -3.19. The summed E-state index contributed by atoms with van der Waals surface area (Å²) in [5, 5.41) is 11.2. The summed E-state index contributed by atoms with van der Waals surface area (Å²) in [5.41, 5.74) is 1.67. The molecule has 0 spiro atoms. The zero-order chi connectivity index (χ0) is 22.0. The van der Waals surface area contributed by atoms with Crippen molar-refractivity contribution in [2.75, 3.05) is 6.54 Å². The van der Waals surface area contributed by atoms with Crippen molar-refractivity contribution in [3.05, 3.63) is 82.3 Å². The number of benzene rings is 2. The van der Waals surface area contributed by atoms with Gasteiger partial charge in [0.2, 0.25) is 0 Å². The van der Waals surface area contributed by atoms with Crippen LogP contribution in [-0.4, -0.2) is 28.6 Å². The molecule has 1 saturated heterocycles. The van der Waals surface area contributed by atoms with Crippen LogP contribution in [0.25, 0.3) is 11.1 Å². The number of hydrogen-bond donors (Lipinski definition) is 1. The van der Waals surface area contributed by atoms with E-state index in [2.05, 4.69) is 0 Å². The number of thiophene rings is 1. The molecular weight excluding hydrogens is 417 g/mol. The standard InChI is InChI=1S/C24H22FNO4S/c1-16(17-4-6-18(7-5-17)19-8-10-20(25)11-9-19)26-13-12-24(15-22(27)28,30-23(26)29)21-3-2-14-31-21/h2-11,14,16H,12-13,15H2,1H3,(H,27,28)/t16-,24?/m0/s1. The lowest BCUT2D eigenvalue weighted by Crippen LogP contribution is -2.49. The molecule has 1 aliphatic rings. The molecule has 2 aromatic carbocycles. The number of amides is 1. The molecule has 0 saturated carbocycles. The average Bonchev–Trinajstić information content (AvgIpc) is 3.29. The maximum Gasteiger partial charge on any atom is 0.411 e. The first-order chi connectivity index (χ1) is 14.9. The molecule has 1 unspecified atom stereocenters. The third kappa shape index (κ3) is 4.32. The molecule has 2 heterocycles. The Morgan fingerprint density at radius 2 is 1.81 bits per heavy atom. The van der Waals surface area contributed by atoms with E-state index in [0.29, 0.717) is 13.0 Å². The van der Waals surface area contributed by atoms with E-state index in [4.69, 9.17) is 4.74 Å². The summed E-state index contributed by atoms with van der Waals surface area (Å²) in [6.07, 6.45) is -0.367. The lowest BCUT2D eigenvalue weighted by Gasteiger charge is -2.42. The lowest BCUT2D eigenvalue weighted by molar-refractivity contribution is -0.146. The molecule has 1 amide bonds. The van der Waals surface area contributed by atoms with Gasteiger partial charge in [-0.25, -0.2) is 9.18 Å². The highest BCUT2D eigenvalue weighted by Crippen LogP contribution is 2.41. The highest BCUT2D eigenvalue weighted by molar-refractivity contribution is 7.10. The fourth-order valence-electron chi connectivity index (χ4n) is 3.96. The van der Waals surface area contributed by atoms with Crippen molar-refractivity contribution < 1.29 is 23.8 Å². The summed E-state index contributed by atoms with van der Waals surface area (Å²) in [6, 6.07) is 17.5. The van der Waals surface area contributed by atoms with Crippen molar-refractivity contribution in [3.8, 4) is 11.1 Å². The maximum absolute atomic E-state index is 13.1. The molecule has 0 aliphatic carbocycles. The molecule has 4 rings (SSSR count). The van der Waals surface area contributed by atoms with Crippen LogP contribution in [0, 0.1) is 5.82 Å². The van der Waals surface area contributed by atoms with Crippen LogP contribution < -0.4 is 0 Å². The van der Waals surface area contributed by atoms with Crippen molar-refractivity contribution in [1.29, 1.82) is 0 Å². The van der Waals surface area contributed by atoms with Crippen LogP contribution in [-0.2, 0) is 15.1 Å². The van der Waals surface area contributed by atoms with Gasteiger partial charge in [-0.15, -0.1) is 11.3 Å². The zero-order valence-corrected chi connectivity index (χ0v) is 17.8. The molecule has 7 heteroatoms. The van der Waals surface area contributed by atoms with E-state index in [1.807, 2.05) is 48.7 Å². The molecule has 1 fully saturated rings. The third-order valence-corrected chi connectivity index (χ3v) is 6.77. The van der Waals surface area contributed by atoms with E-state index in [-0.39, 0.29) is 18.3 Å². The number of rotatable bonds is 6. The van der Waals surface area contributed by atoms with Crippen LogP contribution in [0.5, 0.6) is 0 Å². The predicted octanol–water partition coefficient (Wildman–Crippen LogP) is 5.83. The van der Waals surface area contributed by atoms with E-state index in [1.165, 1.54) is 23.5 Å². The zero-order valence-electron chi connectivity index (χ0n) is 17.0. The second-order valence-electron chi connectivity index (χ2n) is 7.66. The molecule has 1 aromatic heterocycles. The summed E-state index contributed by atoms with van der Waals surface area (Å²) >= 11 is 1.40. The number of aliphatic carboxylic acids is 1. The minimum absolute atomic E-state index is 0.235. The maximum atomic E-state index is 13.1. The molecule has 31 heavy (non-hydrogen) atoms. The van der Waals surface area contributed by atoms with E-state index in [1.54, 1.807) is 17.0 Å². The molecular formula is C24H22FNO4S. The Morgan fingerprint density at radius 1 is 1.16 bits per heavy atom. The number of carboxylic acids is 1. The molecule has 160 valence electrons. The van der Waals surface area contributed by atoms with E-state index < -0.39 is 17.7 Å². The van der Waals surface area contributed by atoms with Gasteiger partial charge in [0.25, 0.3) is 0 Å². The Morgan fingerprint density at radius 3 is 2.35 bits per heavy atom. The Bertz CT molecular complexity index is 1070. The monoisotopic (exact) mass is 439 g/mol. The normalized spacial score (nSPS) is 19.7. The first kappa shape index (κ1) is 21.1. The summed E-state index contributed by atoms with van der Waals surface area (Å²) in [5.74, 6) is -1.28. The summed E-state index contributed by atoms with van der Waals surface area (Å²) < 4.78 is 18.9. The minimum atomic E-state index is -1.13. The van der Waals surface area contributed by atoms with E-state index in [9.17, 15) is 19.1 Å². The van der Waals surface area contributed by atoms with Crippen LogP contribution in [0.2, 0.25) is 0 Å². The largest absolute Gasteiger partial charge is 0.481 e. The fraction of sp³-hybridized carbons (Fsp3) is 0.250. The number of halogens is 1. The SMILES string of the molecule is C[C@@H](c1ccc(-c2ccc(F)cc2)cc1)N1CCC(CC(=O)O)(c2cccs2)OC1=O. The van der Waals surface area contributed by atoms with Gasteiger partial charge in [-0.1, -0.05) is 42.5 Å². The van der Waals surface area contributed by atoms with Crippen molar-refractivity contribution in [2.24, 2.45) is 0 Å². The van der Waals surface area contributed by atoms with Crippen LogP contribution >= 0.6 is 11.3 Å². The number of ether oxygens (including phenoxy) is 1. The molecule has 3 aromatic rings. The summed E-state index contributed by atoms with van der Waals surface area (Å²) in [7, 11) is 0. The molecule has 1 aliphatic heterocycles. The van der Waals surface area contributed by atoms with Crippen LogP contribution in [0.15, 0.2) is 66.0 Å². The number of carboxylic acid groups (broad SMARTS) is 1. The van der Waals surface area contributed by atoms with Gasteiger partial charge in [0, 0.05) is 17.8 Å². The fourth-order valence-corrected chi connectivity index (χ4v) is 4.86. The minimum Gasteiger partial charge on any atom is -0.481 e. The van der Waals surface area contributed by atoms with Crippen molar-refractivity contribution in [1.82, 2.24) is 4.90 Å². The average molecular weight is 440 g/mol. The number of nitrogens with zero attached hydrogens (tertiary/aromatic N) is 1. The molecule has 0 bridgehead atoms. The highest BCUT2D eigenvalue weighted by atomic mass is 32.1. The Labute approximate surface area is 183 Å². The third-order valence-electron chi connectivity index (χ3n) is 5.72. The molecule has 2 atom stereocenters. The number of carbonyl (C=O) groups is 2. The van der Waals surface area contributed by atoms with Crippen molar-refractivity contribution >= 4 is 23.4 Å². The second kappa shape index (κ2) is 8.51. The van der Waals surface area contributed by atoms with E-state index in [0.717, 1.165) is 21.6 Å². The van der Waals surface area contributed by atoms with Gasteiger partial charge in [0.1, 0.15) is 5.82 Å². The van der Waals surface area contributed by atoms with Gasteiger partial charge >= 0.3 is 12.1 Å². The number of hydrogen-bond acceptors (Lipinski definition) is 4. The highest BCUT2D eigenvalue weighted by Gasteiger charge is 2.45. The number of cyclic esters (lactones) is 1. The van der Waals surface area contributed by atoms with Crippen LogP contribution in [0.1, 0.15) is 36.2 Å². The van der Waals surface area contributed by atoms with Crippen LogP contribution in [0.3, 0.4) is 0 Å². The van der Waals surface area contributed by atoms with Crippen molar-refractivity contribution in [2.45, 2.75) is 31.4 Å². The van der Waals surface area contributed by atoms with Gasteiger partial charge in [-0.2, -0.15) is 0 Å². The Balaban J connectivity index is 1.51. The quantitative estimate of drug-likeness (QED) is 0.525. The van der Waals surface area contributed by atoms with Crippen molar-refractivity contribution in [3.63, 3.8) is 0 Å². The summed E-state index contributed by atoms with van der Waals surface area (Å²) in [4.78, 5) is 26.7. The summed E-state index contributed by atoms with van der Waals surface area (Å²) in [6.45, 7) is 2.31. The van der Waals surface area contributed by atoms with Gasteiger partial charge in [-0.05, 0) is 47.2 Å². The van der Waals surface area contributed by atoms with Crippen LogP contribution in [0.4, 0.5) is 9.18 Å². The van der Waals surface area contributed by atoms with Gasteiger partial charge < -0.3 is 14.7 Å². The van der Waals surface area contributed by atoms with Gasteiger partial charge in [0.05, 0.1) is 12.5 Å².